The first kappa shape index (κ1) is 12.5. The largest absolute Gasteiger partial charge is 0.358 e. The molecule has 1 heterocycles. The predicted octanol–water partition coefficient (Wildman–Crippen LogP) is 3.86. The second-order valence-electron chi connectivity index (χ2n) is 4.66. The van der Waals surface area contributed by atoms with E-state index >= 15 is 0 Å². The van der Waals surface area contributed by atoms with E-state index in [-0.39, 0.29) is 5.41 Å². The predicted molar refractivity (Wildman–Crippen MR) is 68.0 cm³/mol. The van der Waals surface area contributed by atoms with Crippen molar-refractivity contribution in [3.63, 3.8) is 0 Å². The highest BCUT2D eigenvalue weighted by Crippen LogP contribution is 2.24. The Balaban J connectivity index is 2.64. The zero-order valence-electron chi connectivity index (χ0n) is 9.60. The monoisotopic (exact) mass is 244 g/mol. The van der Waals surface area contributed by atoms with Gasteiger partial charge in [-0.2, -0.15) is 0 Å². The van der Waals surface area contributed by atoms with Crippen molar-refractivity contribution in [3.8, 4) is 0 Å². The standard InChI is InChI=1S/C11H17ClN2S/c1-11(2,3)10(13)14(4)7-8-5-6-9(12)15-8/h5-6,13H,7H2,1-4H3. The smallest absolute Gasteiger partial charge is 0.101 e. The Morgan fingerprint density at radius 3 is 2.47 bits per heavy atom. The van der Waals surface area contributed by atoms with Gasteiger partial charge in [-0.3, -0.25) is 5.41 Å². The minimum absolute atomic E-state index is 0.101. The molecule has 0 aliphatic heterocycles. The molecule has 0 aromatic carbocycles. The van der Waals surface area contributed by atoms with Gasteiger partial charge in [0.2, 0.25) is 0 Å². The number of thiophene rings is 1. The summed E-state index contributed by atoms with van der Waals surface area (Å²) in [6, 6.07) is 3.91. The molecule has 1 N–H and O–H groups in total. The summed E-state index contributed by atoms with van der Waals surface area (Å²) in [5, 5.41) is 8.00. The van der Waals surface area contributed by atoms with Gasteiger partial charge in [-0.1, -0.05) is 32.4 Å². The average molecular weight is 245 g/mol. The maximum Gasteiger partial charge on any atom is 0.101 e. The van der Waals surface area contributed by atoms with Crippen LogP contribution in [0.5, 0.6) is 0 Å². The third kappa shape index (κ3) is 3.50. The first-order valence-electron chi connectivity index (χ1n) is 4.85. The molecule has 4 heteroatoms. The fourth-order valence-corrected chi connectivity index (χ4v) is 2.46. The van der Waals surface area contributed by atoms with Crippen LogP contribution < -0.4 is 0 Å². The Kier molecular flexibility index (Phi) is 3.79. The molecule has 1 aromatic heterocycles. The van der Waals surface area contributed by atoms with Crippen LogP contribution in [0.4, 0.5) is 0 Å². The van der Waals surface area contributed by atoms with Gasteiger partial charge in [0.15, 0.2) is 0 Å². The van der Waals surface area contributed by atoms with Crippen molar-refractivity contribution < 1.29 is 0 Å². The summed E-state index contributed by atoms with van der Waals surface area (Å²) in [5.41, 5.74) is -0.101. The van der Waals surface area contributed by atoms with Crippen molar-refractivity contribution in [2.24, 2.45) is 5.41 Å². The van der Waals surface area contributed by atoms with Crippen LogP contribution in [0.15, 0.2) is 12.1 Å². The van der Waals surface area contributed by atoms with Crippen molar-refractivity contribution in [3.05, 3.63) is 21.3 Å². The summed E-state index contributed by atoms with van der Waals surface area (Å²) in [4.78, 5) is 3.15. The number of nitrogens with zero attached hydrogens (tertiary/aromatic N) is 1. The van der Waals surface area contributed by atoms with Crippen LogP contribution in [0, 0.1) is 10.8 Å². The summed E-state index contributed by atoms with van der Waals surface area (Å²) >= 11 is 7.43. The van der Waals surface area contributed by atoms with Gasteiger partial charge in [-0.05, 0) is 12.1 Å². The molecule has 0 saturated heterocycles. The zero-order valence-corrected chi connectivity index (χ0v) is 11.2. The lowest BCUT2D eigenvalue weighted by atomic mass is 9.94. The van der Waals surface area contributed by atoms with Crippen LogP contribution in [-0.2, 0) is 6.54 Å². The Morgan fingerprint density at radius 1 is 1.47 bits per heavy atom. The summed E-state index contributed by atoms with van der Waals surface area (Å²) in [6.07, 6.45) is 0. The fourth-order valence-electron chi connectivity index (χ4n) is 1.32. The molecule has 0 fully saturated rings. The molecule has 15 heavy (non-hydrogen) atoms. The lowest BCUT2D eigenvalue weighted by Crippen LogP contribution is -2.35. The maximum atomic E-state index is 8.00. The molecule has 0 saturated carbocycles. The Hall–Kier alpha value is -0.540. The van der Waals surface area contributed by atoms with E-state index < -0.39 is 0 Å². The van der Waals surface area contributed by atoms with E-state index in [2.05, 4.69) is 0 Å². The van der Waals surface area contributed by atoms with Gasteiger partial charge < -0.3 is 4.90 Å². The van der Waals surface area contributed by atoms with E-state index in [9.17, 15) is 0 Å². The summed E-state index contributed by atoms with van der Waals surface area (Å²) in [7, 11) is 1.95. The van der Waals surface area contributed by atoms with E-state index in [1.54, 1.807) is 11.3 Å². The summed E-state index contributed by atoms with van der Waals surface area (Å²) in [6.45, 7) is 6.90. The molecule has 0 unspecified atom stereocenters. The van der Waals surface area contributed by atoms with Gasteiger partial charge in [0.05, 0.1) is 10.9 Å². The van der Waals surface area contributed by atoms with Crippen LogP contribution in [-0.4, -0.2) is 17.8 Å². The van der Waals surface area contributed by atoms with Gasteiger partial charge >= 0.3 is 0 Å². The van der Waals surface area contributed by atoms with Crippen LogP contribution >= 0.6 is 22.9 Å². The Morgan fingerprint density at radius 2 is 2.07 bits per heavy atom. The Labute approximate surface area is 100 Å². The average Bonchev–Trinajstić information content (AvgIpc) is 2.48. The van der Waals surface area contributed by atoms with Gasteiger partial charge in [-0.25, -0.2) is 0 Å². The first-order chi connectivity index (χ1) is 6.80. The number of hydrogen-bond acceptors (Lipinski definition) is 2. The van der Waals surface area contributed by atoms with Crippen molar-refractivity contribution in [1.29, 1.82) is 5.41 Å². The highest BCUT2D eigenvalue weighted by molar-refractivity contribution is 7.16. The molecule has 0 radical (unpaired) electrons. The Bertz CT molecular complexity index is 352. The van der Waals surface area contributed by atoms with E-state index in [0.717, 1.165) is 10.9 Å². The molecular formula is C11H17ClN2S. The first-order valence-corrected chi connectivity index (χ1v) is 6.04. The van der Waals surface area contributed by atoms with Crippen molar-refractivity contribution >= 4 is 28.8 Å². The topological polar surface area (TPSA) is 27.1 Å². The lowest BCUT2D eigenvalue weighted by molar-refractivity contribution is 0.420. The molecule has 84 valence electrons. The molecule has 1 rings (SSSR count). The minimum Gasteiger partial charge on any atom is -0.358 e. The van der Waals surface area contributed by atoms with Crippen molar-refractivity contribution in [1.82, 2.24) is 4.90 Å². The van der Waals surface area contributed by atoms with Crippen LogP contribution in [0.3, 0.4) is 0 Å². The highest BCUT2D eigenvalue weighted by Gasteiger charge is 2.21. The van der Waals surface area contributed by atoms with Gasteiger partial charge in [0, 0.05) is 17.3 Å². The number of hydrogen-bond donors (Lipinski definition) is 1. The lowest BCUT2D eigenvalue weighted by Gasteiger charge is -2.28. The molecule has 2 nitrogen and oxygen atoms in total. The summed E-state index contributed by atoms with van der Waals surface area (Å²) < 4.78 is 0.806. The number of rotatable bonds is 2. The van der Waals surface area contributed by atoms with E-state index in [4.69, 9.17) is 17.0 Å². The quantitative estimate of drug-likeness (QED) is 0.621. The molecule has 0 spiro atoms. The number of amidine groups is 1. The van der Waals surface area contributed by atoms with Crippen LogP contribution in [0.1, 0.15) is 25.6 Å². The third-order valence-corrected chi connectivity index (χ3v) is 3.33. The normalized spacial score (nSPS) is 11.5. The van der Waals surface area contributed by atoms with E-state index in [0.29, 0.717) is 5.84 Å². The van der Waals surface area contributed by atoms with Crippen molar-refractivity contribution in [2.75, 3.05) is 7.05 Å². The van der Waals surface area contributed by atoms with Gasteiger partial charge in [0.1, 0.15) is 5.84 Å². The second-order valence-corrected chi connectivity index (χ2v) is 6.46. The number of nitrogens with one attached hydrogen (secondary N) is 1. The maximum absolute atomic E-state index is 8.00. The second kappa shape index (κ2) is 4.54. The molecule has 1 aromatic rings. The number of halogens is 1. The minimum atomic E-state index is -0.101. The molecular weight excluding hydrogens is 228 g/mol. The fraction of sp³-hybridized carbons (Fsp3) is 0.545. The van der Waals surface area contributed by atoms with Gasteiger partial charge in [-0.15, -0.1) is 11.3 Å². The van der Waals surface area contributed by atoms with E-state index in [1.165, 1.54) is 4.88 Å². The van der Waals surface area contributed by atoms with Crippen LogP contribution in [0.25, 0.3) is 0 Å². The zero-order chi connectivity index (χ0) is 11.6. The molecule has 0 atom stereocenters. The third-order valence-electron chi connectivity index (χ3n) is 2.11. The van der Waals surface area contributed by atoms with Crippen LogP contribution in [0.2, 0.25) is 4.34 Å². The van der Waals surface area contributed by atoms with E-state index in [1.807, 2.05) is 44.9 Å². The molecule has 0 aliphatic rings. The van der Waals surface area contributed by atoms with Crippen molar-refractivity contribution in [2.45, 2.75) is 27.3 Å². The SMILES string of the molecule is CN(Cc1ccc(Cl)s1)C(=N)C(C)(C)C. The molecule has 0 aliphatic carbocycles. The summed E-state index contributed by atoms with van der Waals surface area (Å²) in [5.74, 6) is 0.645. The highest BCUT2D eigenvalue weighted by atomic mass is 35.5. The molecule has 0 amide bonds. The molecule has 0 bridgehead atoms. The van der Waals surface area contributed by atoms with Gasteiger partial charge in [0.25, 0.3) is 0 Å².